The minimum Gasteiger partial charge on any atom is -0.478 e. The van der Waals surface area contributed by atoms with Crippen molar-refractivity contribution in [3.63, 3.8) is 0 Å². The van der Waals surface area contributed by atoms with Crippen molar-refractivity contribution >= 4 is 11.5 Å². The summed E-state index contributed by atoms with van der Waals surface area (Å²) in [7, 11) is 0. The first kappa shape index (κ1) is 19.2. The van der Waals surface area contributed by atoms with Gasteiger partial charge >= 0.3 is 5.97 Å². The van der Waals surface area contributed by atoms with Gasteiger partial charge in [0.25, 0.3) is 0 Å². The fraction of sp³-hybridized carbons (Fsp3) is 0.192. The minimum atomic E-state index is -0.893. The van der Waals surface area contributed by atoms with Gasteiger partial charge in [-0.05, 0) is 76.8 Å². The van der Waals surface area contributed by atoms with Crippen LogP contribution in [0.25, 0.3) is 5.57 Å². The number of benzene rings is 3. The van der Waals surface area contributed by atoms with E-state index in [9.17, 15) is 9.90 Å². The maximum absolute atomic E-state index is 11.0. The van der Waals surface area contributed by atoms with E-state index in [0.29, 0.717) is 5.56 Å². The predicted octanol–water partition coefficient (Wildman–Crippen LogP) is 4.84. The van der Waals surface area contributed by atoms with Crippen molar-refractivity contribution in [1.82, 2.24) is 0 Å². The molecule has 3 nitrogen and oxygen atoms in total. The SMILES string of the molecule is O=C(O)c1ccc(CCc2cccc3c2C(Cc2ccccc2CO)=CC3)cc1. The summed E-state index contributed by atoms with van der Waals surface area (Å²) >= 11 is 0. The van der Waals surface area contributed by atoms with Gasteiger partial charge in [0.05, 0.1) is 12.2 Å². The van der Waals surface area contributed by atoms with Crippen molar-refractivity contribution in [3.05, 3.63) is 112 Å². The molecule has 0 spiro atoms. The molecule has 0 aromatic heterocycles. The number of aromatic carboxylic acids is 1. The van der Waals surface area contributed by atoms with Gasteiger partial charge in [-0.25, -0.2) is 4.79 Å². The third-order valence-electron chi connectivity index (χ3n) is 5.68. The average molecular weight is 384 g/mol. The summed E-state index contributed by atoms with van der Waals surface area (Å²) in [6.07, 6.45) is 5.87. The molecule has 3 aromatic carbocycles. The van der Waals surface area contributed by atoms with Crippen LogP contribution in [0.2, 0.25) is 0 Å². The molecule has 0 heterocycles. The molecule has 1 aliphatic rings. The molecule has 0 amide bonds. The number of aliphatic hydroxyl groups excluding tert-OH is 1. The van der Waals surface area contributed by atoms with Crippen molar-refractivity contribution in [1.29, 1.82) is 0 Å². The molecule has 3 aromatic rings. The lowest BCUT2D eigenvalue weighted by Gasteiger charge is -2.14. The predicted molar refractivity (Wildman–Crippen MR) is 115 cm³/mol. The summed E-state index contributed by atoms with van der Waals surface area (Å²) in [6, 6.07) is 21.7. The Morgan fingerprint density at radius 3 is 2.28 bits per heavy atom. The number of rotatable bonds is 7. The molecule has 1 aliphatic carbocycles. The van der Waals surface area contributed by atoms with Crippen LogP contribution in [-0.2, 0) is 32.3 Å². The van der Waals surface area contributed by atoms with Crippen molar-refractivity contribution in [2.75, 3.05) is 0 Å². The van der Waals surface area contributed by atoms with E-state index in [0.717, 1.165) is 36.8 Å². The third kappa shape index (κ3) is 4.15. The van der Waals surface area contributed by atoms with Crippen LogP contribution in [-0.4, -0.2) is 16.2 Å². The Morgan fingerprint density at radius 1 is 0.828 bits per heavy atom. The van der Waals surface area contributed by atoms with Gasteiger partial charge in [-0.3, -0.25) is 0 Å². The lowest BCUT2D eigenvalue weighted by molar-refractivity contribution is 0.0697. The molecule has 0 radical (unpaired) electrons. The molecule has 0 unspecified atom stereocenters. The summed E-state index contributed by atoms with van der Waals surface area (Å²) in [5, 5.41) is 18.7. The molecule has 29 heavy (non-hydrogen) atoms. The van der Waals surface area contributed by atoms with Gasteiger partial charge in [0, 0.05) is 0 Å². The van der Waals surface area contributed by atoms with Crippen LogP contribution in [0.5, 0.6) is 0 Å². The van der Waals surface area contributed by atoms with Gasteiger partial charge in [0.2, 0.25) is 0 Å². The van der Waals surface area contributed by atoms with Crippen LogP contribution in [0.4, 0.5) is 0 Å². The van der Waals surface area contributed by atoms with Crippen molar-refractivity contribution in [3.8, 4) is 0 Å². The second kappa shape index (κ2) is 8.46. The number of hydrogen-bond donors (Lipinski definition) is 2. The highest BCUT2D eigenvalue weighted by molar-refractivity contribution is 5.87. The Bertz CT molecular complexity index is 1060. The smallest absolute Gasteiger partial charge is 0.335 e. The van der Waals surface area contributed by atoms with Gasteiger partial charge in [0.15, 0.2) is 0 Å². The molecule has 0 bridgehead atoms. The van der Waals surface area contributed by atoms with Crippen molar-refractivity contribution in [2.45, 2.75) is 32.3 Å². The number of aliphatic hydroxyl groups is 1. The third-order valence-corrected chi connectivity index (χ3v) is 5.68. The second-order valence-electron chi connectivity index (χ2n) is 7.49. The van der Waals surface area contributed by atoms with Crippen molar-refractivity contribution < 1.29 is 15.0 Å². The van der Waals surface area contributed by atoms with Crippen LogP contribution in [0.15, 0.2) is 72.8 Å². The Balaban J connectivity index is 1.54. The molecule has 0 atom stereocenters. The zero-order valence-corrected chi connectivity index (χ0v) is 16.3. The summed E-state index contributed by atoms with van der Waals surface area (Å²) < 4.78 is 0. The van der Waals surface area contributed by atoms with Crippen LogP contribution in [0.1, 0.15) is 43.7 Å². The average Bonchev–Trinajstić information content (AvgIpc) is 3.16. The minimum absolute atomic E-state index is 0.0598. The number of fused-ring (bicyclic) bond motifs is 1. The Morgan fingerprint density at radius 2 is 1.55 bits per heavy atom. The molecular formula is C26H24O3. The molecule has 4 rings (SSSR count). The number of carboxylic acids is 1. The van der Waals surface area contributed by atoms with Crippen LogP contribution in [0.3, 0.4) is 0 Å². The first-order valence-electron chi connectivity index (χ1n) is 9.95. The van der Waals surface area contributed by atoms with Gasteiger partial charge in [0.1, 0.15) is 0 Å². The highest BCUT2D eigenvalue weighted by Gasteiger charge is 2.18. The van der Waals surface area contributed by atoms with Gasteiger partial charge in [-0.1, -0.05) is 60.7 Å². The largest absolute Gasteiger partial charge is 0.478 e. The number of hydrogen-bond acceptors (Lipinski definition) is 2. The van der Waals surface area contributed by atoms with E-state index in [2.05, 4.69) is 30.3 Å². The fourth-order valence-corrected chi connectivity index (χ4v) is 4.12. The van der Waals surface area contributed by atoms with E-state index in [-0.39, 0.29) is 6.61 Å². The van der Waals surface area contributed by atoms with Crippen LogP contribution < -0.4 is 0 Å². The van der Waals surface area contributed by atoms with Gasteiger partial charge in [-0.2, -0.15) is 0 Å². The lowest BCUT2D eigenvalue weighted by atomic mass is 9.90. The normalized spacial score (nSPS) is 12.5. The Labute approximate surface area is 171 Å². The second-order valence-corrected chi connectivity index (χ2v) is 7.49. The molecule has 0 saturated heterocycles. The number of allylic oxidation sites excluding steroid dienone is 2. The van der Waals surface area contributed by atoms with Crippen molar-refractivity contribution in [2.24, 2.45) is 0 Å². The molecule has 0 fully saturated rings. The van der Waals surface area contributed by atoms with E-state index < -0.39 is 5.97 Å². The molecule has 2 N–H and O–H groups in total. The van der Waals surface area contributed by atoms with Gasteiger partial charge in [-0.15, -0.1) is 0 Å². The molecule has 146 valence electrons. The quantitative estimate of drug-likeness (QED) is 0.613. The van der Waals surface area contributed by atoms with E-state index in [4.69, 9.17) is 5.11 Å². The number of carbonyl (C=O) groups is 1. The standard InChI is InChI=1S/C26H24O3/c27-17-24-5-2-1-4-22(24)16-23-15-14-20-7-3-6-19(25(20)23)11-8-18-9-12-21(13-10-18)26(28)29/h1-7,9-10,12-13,15,27H,8,11,14,16-17H2,(H,28,29). The zero-order valence-electron chi connectivity index (χ0n) is 16.3. The maximum atomic E-state index is 11.0. The first-order chi connectivity index (χ1) is 14.2. The lowest BCUT2D eigenvalue weighted by Crippen LogP contribution is -2.01. The highest BCUT2D eigenvalue weighted by Crippen LogP contribution is 2.34. The van der Waals surface area contributed by atoms with E-state index >= 15 is 0 Å². The van der Waals surface area contributed by atoms with Gasteiger partial charge < -0.3 is 10.2 Å². The number of aryl methyl sites for hydroxylation is 2. The summed E-state index contributed by atoms with van der Waals surface area (Å²) in [5.41, 5.74) is 8.99. The zero-order chi connectivity index (χ0) is 20.2. The Kier molecular flexibility index (Phi) is 5.59. The highest BCUT2D eigenvalue weighted by atomic mass is 16.4. The fourth-order valence-electron chi connectivity index (χ4n) is 4.12. The Hall–Kier alpha value is -3.17. The summed E-state index contributed by atoms with van der Waals surface area (Å²) in [5.74, 6) is -0.893. The molecule has 3 heteroatoms. The van der Waals surface area contributed by atoms with Crippen LogP contribution in [0, 0.1) is 0 Å². The summed E-state index contributed by atoms with van der Waals surface area (Å²) in [4.78, 5) is 11.0. The van der Waals surface area contributed by atoms with E-state index in [1.54, 1.807) is 12.1 Å². The molecule has 0 aliphatic heterocycles. The maximum Gasteiger partial charge on any atom is 0.335 e. The van der Waals surface area contributed by atoms with E-state index in [1.807, 2.05) is 30.3 Å². The van der Waals surface area contributed by atoms with E-state index in [1.165, 1.54) is 27.8 Å². The van der Waals surface area contributed by atoms with Crippen LogP contribution >= 0.6 is 0 Å². The number of carboxylic acid groups (broad SMARTS) is 1. The first-order valence-corrected chi connectivity index (χ1v) is 9.95. The summed E-state index contributed by atoms with van der Waals surface area (Å²) in [6.45, 7) is 0.0598. The topological polar surface area (TPSA) is 57.5 Å². The molecule has 0 saturated carbocycles. The monoisotopic (exact) mass is 384 g/mol. The molecular weight excluding hydrogens is 360 g/mol.